The van der Waals surface area contributed by atoms with E-state index in [0.717, 1.165) is 13.1 Å². The summed E-state index contributed by atoms with van der Waals surface area (Å²) in [6, 6.07) is 1.67. The molecule has 1 amide bonds. The van der Waals surface area contributed by atoms with E-state index < -0.39 is 0 Å². The van der Waals surface area contributed by atoms with Crippen molar-refractivity contribution in [2.75, 3.05) is 18.4 Å². The second kappa shape index (κ2) is 6.44. The van der Waals surface area contributed by atoms with Crippen LogP contribution in [0.2, 0.25) is 5.02 Å². The van der Waals surface area contributed by atoms with Crippen LogP contribution >= 0.6 is 11.6 Å². The zero-order valence-electron chi connectivity index (χ0n) is 12.1. The molecule has 0 radical (unpaired) electrons. The van der Waals surface area contributed by atoms with Gasteiger partial charge in [0.2, 0.25) is 0 Å². The quantitative estimate of drug-likeness (QED) is 0.810. The Bertz CT molecular complexity index is 486. The number of hydrogen-bond donors (Lipinski definition) is 2. The number of carbonyl (C=O) groups is 1. The summed E-state index contributed by atoms with van der Waals surface area (Å²) in [5.41, 5.74) is 0.870. The fourth-order valence-corrected chi connectivity index (χ4v) is 2.68. The summed E-state index contributed by atoms with van der Waals surface area (Å²) in [5.74, 6) is 0.528. The number of nitrogens with one attached hydrogen (secondary N) is 2. The first kappa shape index (κ1) is 15.1. The summed E-state index contributed by atoms with van der Waals surface area (Å²) in [6.07, 6.45) is 6.36. The molecule has 4 nitrogen and oxygen atoms in total. The molecule has 0 aliphatic heterocycles. The highest BCUT2D eigenvalue weighted by atomic mass is 35.5. The van der Waals surface area contributed by atoms with Crippen molar-refractivity contribution in [3.63, 3.8) is 0 Å². The molecule has 0 saturated heterocycles. The molecular formula is C15H22ClN3O. The van der Waals surface area contributed by atoms with E-state index in [1.807, 2.05) is 6.92 Å². The van der Waals surface area contributed by atoms with Gasteiger partial charge in [0, 0.05) is 19.3 Å². The molecule has 1 heterocycles. The van der Waals surface area contributed by atoms with Gasteiger partial charge in [0.1, 0.15) is 5.82 Å². The topological polar surface area (TPSA) is 54.0 Å². The van der Waals surface area contributed by atoms with Crippen LogP contribution in [0.25, 0.3) is 0 Å². The highest BCUT2D eigenvalue weighted by Gasteiger charge is 2.41. The van der Waals surface area contributed by atoms with Crippen molar-refractivity contribution in [1.29, 1.82) is 0 Å². The van der Waals surface area contributed by atoms with Crippen LogP contribution in [0.3, 0.4) is 0 Å². The van der Waals surface area contributed by atoms with Gasteiger partial charge < -0.3 is 10.6 Å². The van der Waals surface area contributed by atoms with E-state index in [1.54, 1.807) is 12.3 Å². The molecule has 2 N–H and O–H groups in total. The predicted octanol–water partition coefficient (Wildman–Crippen LogP) is 3.48. The summed E-state index contributed by atoms with van der Waals surface area (Å²) in [5, 5.41) is 6.54. The summed E-state index contributed by atoms with van der Waals surface area (Å²) >= 11 is 6.10. The van der Waals surface area contributed by atoms with E-state index in [0.29, 0.717) is 21.8 Å². The maximum Gasteiger partial charge on any atom is 0.252 e. The third kappa shape index (κ3) is 3.63. The molecule has 1 aromatic heterocycles. The molecule has 110 valence electrons. The molecule has 1 saturated carbocycles. The molecule has 0 spiro atoms. The number of carbonyl (C=O) groups excluding carboxylic acids is 1. The SMILES string of the molecule is CCCC1(CNC(=O)c2cnc(NCC)c(Cl)c2)CC1. The normalized spacial score (nSPS) is 15.8. The Kier molecular flexibility index (Phi) is 4.86. The smallest absolute Gasteiger partial charge is 0.252 e. The Morgan fingerprint density at radius 2 is 2.20 bits per heavy atom. The third-order valence-electron chi connectivity index (χ3n) is 3.81. The maximum atomic E-state index is 12.1. The Balaban J connectivity index is 1.94. The van der Waals surface area contributed by atoms with Gasteiger partial charge in [0.05, 0.1) is 10.6 Å². The molecule has 0 aromatic carbocycles. The van der Waals surface area contributed by atoms with Gasteiger partial charge in [-0.2, -0.15) is 0 Å². The number of amides is 1. The third-order valence-corrected chi connectivity index (χ3v) is 4.10. The molecule has 1 fully saturated rings. The largest absolute Gasteiger partial charge is 0.369 e. The predicted molar refractivity (Wildman–Crippen MR) is 82.3 cm³/mol. The molecule has 2 rings (SSSR count). The first-order chi connectivity index (χ1) is 9.60. The number of pyridine rings is 1. The van der Waals surface area contributed by atoms with Crippen molar-refractivity contribution in [1.82, 2.24) is 10.3 Å². The van der Waals surface area contributed by atoms with Crippen LogP contribution in [-0.4, -0.2) is 24.0 Å². The van der Waals surface area contributed by atoms with E-state index in [-0.39, 0.29) is 5.91 Å². The van der Waals surface area contributed by atoms with Crippen LogP contribution in [0.1, 0.15) is 49.9 Å². The number of nitrogens with zero attached hydrogens (tertiary/aromatic N) is 1. The lowest BCUT2D eigenvalue weighted by Gasteiger charge is -2.15. The Morgan fingerprint density at radius 3 is 2.75 bits per heavy atom. The lowest BCUT2D eigenvalue weighted by molar-refractivity contribution is 0.0943. The molecule has 1 aliphatic carbocycles. The van der Waals surface area contributed by atoms with Crippen molar-refractivity contribution in [2.45, 2.75) is 39.5 Å². The summed E-state index contributed by atoms with van der Waals surface area (Å²) in [7, 11) is 0. The van der Waals surface area contributed by atoms with Crippen LogP contribution in [-0.2, 0) is 0 Å². The Hall–Kier alpha value is -1.29. The second-order valence-corrected chi connectivity index (χ2v) is 5.92. The standard InChI is InChI=1S/C15H22ClN3O/c1-3-5-15(6-7-15)10-19-14(20)11-8-12(16)13(17-4-2)18-9-11/h8-9H,3-7,10H2,1-2H3,(H,17,18)(H,19,20). The molecule has 1 aliphatic rings. The zero-order chi connectivity index (χ0) is 14.6. The average molecular weight is 296 g/mol. The number of hydrogen-bond acceptors (Lipinski definition) is 3. The zero-order valence-corrected chi connectivity index (χ0v) is 12.9. The van der Waals surface area contributed by atoms with Crippen LogP contribution in [0.15, 0.2) is 12.3 Å². The van der Waals surface area contributed by atoms with Crippen LogP contribution in [0.4, 0.5) is 5.82 Å². The molecule has 0 bridgehead atoms. The summed E-state index contributed by atoms with van der Waals surface area (Å²) in [6.45, 7) is 5.66. The van der Waals surface area contributed by atoms with Crippen molar-refractivity contribution in [3.8, 4) is 0 Å². The number of halogens is 1. The lowest BCUT2D eigenvalue weighted by atomic mass is 10.0. The number of anilines is 1. The first-order valence-corrected chi connectivity index (χ1v) is 7.65. The minimum atomic E-state index is -0.0928. The molecule has 20 heavy (non-hydrogen) atoms. The highest BCUT2D eigenvalue weighted by molar-refractivity contribution is 6.33. The molecule has 0 atom stereocenters. The van der Waals surface area contributed by atoms with Gasteiger partial charge in [0.15, 0.2) is 0 Å². The van der Waals surface area contributed by atoms with Gasteiger partial charge in [-0.15, -0.1) is 0 Å². The summed E-state index contributed by atoms with van der Waals surface area (Å²) < 4.78 is 0. The maximum absolute atomic E-state index is 12.1. The second-order valence-electron chi connectivity index (χ2n) is 5.52. The molecule has 0 unspecified atom stereocenters. The molecule has 5 heteroatoms. The van der Waals surface area contributed by atoms with Gasteiger partial charge >= 0.3 is 0 Å². The monoisotopic (exact) mass is 295 g/mol. The minimum Gasteiger partial charge on any atom is -0.369 e. The van der Waals surface area contributed by atoms with Crippen molar-refractivity contribution in [2.24, 2.45) is 5.41 Å². The van der Waals surface area contributed by atoms with Gasteiger partial charge in [-0.25, -0.2) is 4.98 Å². The Labute approximate surface area is 125 Å². The first-order valence-electron chi connectivity index (χ1n) is 7.28. The van der Waals surface area contributed by atoms with Gasteiger partial charge in [-0.1, -0.05) is 24.9 Å². The minimum absolute atomic E-state index is 0.0928. The van der Waals surface area contributed by atoms with Crippen molar-refractivity contribution in [3.05, 3.63) is 22.8 Å². The van der Waals surface area contributed by atoms with Gasteiger partial charge in [0.25, 0.3) is 5.91 Å². The van der Waals surface area contributed by atoms with E-state index in [4.69, 9.17) is 11.6 Å². The van der Waals surface area contributed by atoms with Gasteiger partial charge in [-0.05, 0) is 37.7 Å². The molecule has 1 aromatic rings. The van der Waals surface area contributed by atoms with Crippen LogP contribution < -0.4 is 10.6 Å². The summed E-state index contributed by atoms with van der Waals surface area (Å²) in [4.78, 5) is 16.3. The van der Waals surface area contributed by atoms with E-state index >= 15 is 0 Å². The highest BCUT2D eigenvalue weighted by Crippen LogP contribution is 2.48. The molecular weight excluding hydrogens is 274 g/mol. The van der Waals surface area contributed by atoms with E-state index in [9.17, 15) is 4.79 Å². The van der Waals surface area contributed by atoms with E-state index in [2.05, 4.69) is 22.5 Å². The average Bonchev–Trinajstić information content (AvgIpc) is 3.19. The van der Waals surface area contributed by atoms with Crippen LogP contribution in [0, 0.1) is 5.41 Å². The fraction of sp³-hybridized carbons (Fsp3) is 0.600. The number of rotatable bonds is 7. The van der Waals surface area contributed by atoms with E-state index in [1.165, 1.54) is 25.7 Å². The lowest BCUT2D eigenvalue weighted by Crippen LogP contribution is -2.30. The fourth-order valence-electron chi connectivity index (χ4n) is 2.45. The van der Waals surface area contributed by atoms with Crippen molar-refractivity contribution < 1.29 is 4.79 Å². The number of aromatic nitrogens is 1. The Morgan fingerprint density at radius 1 is 1.45 bits per heavy atom. The van der Waals surface area contributed by atoms with Crippen LogP contribution in [0.5, 0.6) is 0 Å². The van der Waals surface area contributed by atoms with Crippen molar-refractivity contribution >= 4 is 23.3 Å². The van der Waals surface area contributed by atoms with Gasteiger partial charge in [-0.3, -0.25) is 4.79 Å².